The Bertz CT molecular complexity index is 1410. The predicted molar refractivity (Wildman–Crippen MR) is 169 cm³/mol. The van der Waals surface area contributed by atoms with E-state index in [4.69, 9.17) is 13.7 Å². The molecule has 44 heavy (non-hydrogen) atoms. The average Bonchev–Trinajstić information content (AvgIpc) is 3.50. The first-order valence-electron chi connectivity index (χ1n) is 17.1. The maximum atomic E-state index is 13.6. The van der Waals surface area contributed by atoms with E-state index in [1.807, 2.05) is 35.2 Å². The van der Waals surface area contributed by atoms with Gasteiger partial charge in [-0.15, -0.1) is 0 Å². The number of fused-ring (bicyclic) bond motifs is 6. The van der Waals surface area contributed by atoms with Crippen molar-refractivity contribution in [3.8, 4) is 0 Å². The molecule has 0 aromatic heterocycles. The number of hydrogen-bond acceptors (Lipinski definition) is 6. The van der Waals surface area contributed by atoms with Crippen molar-refractivity contribution in [2.45, 2.75) is 116 Å². The summed E-state index contributed by atoms with van der Waals surface area (Å²) in [5, 5.41) is 0. The molecule has 1 amide bonds. The van der Waals surface area contributed by atoms with E-state index in [0.29, 0.717) is 36.1 Å². The number of hydrogen-bond donors (Lipinski definition) is 0. The number of amides is 1. The number of ether oxygens (including phenoxy) is 2. The monoisotopic (exact) mass is 625 g/mol. The van der Waals surface area contributed by atoms with Gasteiger partial charge in [0.1, 0.15) is 6.61 Å². The molecular formula is C36H51NO6S. The van der Waals surface area contributed by atoms with E-state index in [2.05, 4.69) is 27.7 Å². The Kier molecular flexibility index (Phi) is 7.77. The third-order valence-corrected chi connectivity index (χ3v) is 13.9. The van der Waals surface area contributed by atoms with Crippen molar-refractivity contribution in [3.63, 3.8) is 0 Å². The molecule has 2 aliphatic heterocycles. The van der Waals surface area contributed by atoms with Crippen LogP contribution in [0.4, 0.5) is 4.79 Å². The van der Waals surface area contributed by atoms with E-state index in [1.54, 1.807) is 5.57 Å². The Balaban J connectivity index is 1.12. The molecule has 1 aromatic carbocycles. The topological polar surface area (TPSA) is 82.1 Å². The van der Waals surface area contributed by atoms with Crippen LogP contribution in [0.3, 0.4) is 0 Å². The Morgan fingerprint density at radius 3 is 2.59 bits per heavy atom. The number of benzene rings is 1. The summed E-state index contributed by atoms with van der Waals surface area (Å²) in [6.07, 6.45) is 10.2. The van der Waals surface area contributed by atoms with Crippen LogP contribution in [0.5, 0.6) is 0 Å². The van der Waals surface area contributed by atoms with Crippen LogP contribution in [-0.2, 0) is 30.4 Å². The van der Waals surface area contributed by atoms with Gasteiger partial charge in [-0.3, -0.25) is 4.18 Å². The molecule has 7 nitrogen and oxygen atoms in total. The molecule has 2 heterocycles. The van der Waals surface area contributed by atoms with Crippen molar-refractivity contribution in [3.05, 3.63) is 47.0 Å². The standard InChI is InChI=1S/C36H51NO6S/c1-22-17-32-33(37(20-22)34(38)41-21-25-9-7-6-8-10-25)24(3)36(42-32)16-14-28-29-12-11-26-18-27(43-44(5,39)40)13-15-35(26,4)31(29)19-30(28)23(36)2/h6-10,22,24,26-29,31-33H,11-21H2,1-5H3/t22-,24+,26+,27-,28-,29?,31-,32+,33-,35-,36-/m0/s1. The van der Waals surface area contributed by atoms with Crippen molar-refractivity contribution in [1.29, 1.82) is 0 Å². The van der Waals surface area contributed by atoms with Gasteiger partial charge in [0.15, 0.2) is 0 Å². The van der Waals surface area contributed by atoms with Gasteiger partial charge < -0.3 is 14.4 Å². The summed E-state index contributed by atoms with van der Waals surface area (Å²) >= 11 is 0. The van der Waals surface area contributed by atoms with Crippen molar-refractivity contribution in [2.75, 3.05) is 12.8 Å². The molecule has 1 unspecified atom stereocenters. The third kappa shape index (κ3) is 5.06. The van der Waals surface area contributed by atoms with E-state index in [1.165, 1.54) is 24.7 Å². The molecule has 0 N–H and O–H groups in total. The zero-order valence-electron chi connectivity index (χ0n) is 27.2. The fourth-order valence-electron chi connectivity index (χ4n) is 11.2. The SMILES string of the molecule is CC1=C2C[C@H]3C(CC[C@@H]4C[C@@H](OS(C)(=O)=O)CC[C@@]43C)[C@@H]2CC[C@]12O[C@@H]1C[C@H](C)CN(C(=O)OCc3ccccc3)[C@H]1[C@H]2C. The number of allylic oxidation sites excluding steroid dienone is 1. The molecule has 11 atom stereocenters. The van der Waals surface area contributed by atoms with Gasteiger partial charge in [-0.1, -0.05) is 56.7 Å². The number of rotatable bonds is 4. The fourth-order valence-corrected chi connectivity index (χ4v) is 11.9. The second-order valence-electron chi connectivity index (χ2n) is 15.6. The Labute approximate surface area is 264 Å². The van der Waals surface area contributed by atoms with Crippen molar-refractivity contribution in [1.82, 2.24) is 4.90 Å². The van der Waals surface area contributed by atoms with Gasteiger partial charge in [0.25, 0.3) is 10.1 Å². The summed E-state index contributed by atoms with van der Waals surface area (Å²) in [4.78, 5) is 15.6. The number of nitrogens with zero attached hydrogens (tertiary/aromatic N) is 1. The van der Waals surface area contributed by atoms with Gasteiger partial charge in [-0.2, -0.15) is 8.42 Å². The van der Waals surface area contributed by atoms with Crippen LogP contribution < -0.4 is 0 Å². The minimum absolute atomic E-state index is 0.0253. The highest BCUT2D eigenvalue weighted by atomic mass is 32.2. The van der Waals surface area contributed by atoms with Crippen LogP contribution in [0.25, 0.3) is 0 Å². The first kappa shape index (κ1) is 30.7. The zero-order chi connectivity index (χ0) is 31.0. The highest BCUT2D eigenvalue weighted by Crippen LogP contribution is 2.66. The highest BCUT2D eigenvalue weighted by Gasteiger charge is 2.63. The van der Waals surface area contributed by atoms with Crippen LogP contribution >= 0.6 is 0 Å². The minimum atomic E-state index is -3.43. The number of likely N-dealkylation sites (tertiary alicyclic amines) is 1. The van der Waals surface area contributed by atoms with E-state index >= 15 is 0 Å². The summed E-state index contributed by atoms with van der Waals surface area (Å²) in [5.41, 5.74) is 3.99. The molecule has 0 bridgehead atoms. The van der Waals surface area contributed by atoms with Crippen molar-refractivity contribution < 1.29 is 26.9 Å². The van der Waals surface area contributed by atoms with E-state index < -0.39 is 10.1 Å². The smallest absolute Gasteiger partial charge is 0.410 e. The van der Waals surface area contributed by atoms with Crippen LogP contribution in [0.1, 0.15) is 91.0 Å². The van der Waals surface area contributed by atoms with Gasteiger partial charge in [-0.05, 0) is 111 Å². The van der Waals surface area contributed by atoms with Crippen LogP contribution in [0, 0.1) is 40.9 Å². The largest absolute Gasteiger partial charge is 0.445 e. The molecule has 3 saturated carbocycles. The van der Waals surface area contributed by atoms with Gasteiger partial charge >= 0.3 is 6.09 Å². The van der Waals surface area contributed by atoms with Crippen molar-refractivity contribution in [2.24, 2.45) is 40.9 Å². The Morgan fingerprint density at radius 1 is 1.07 bits per heavy atom. The molecule has 0 radical (unpaired) electrons. The molecule has 2 saturated heterocycles. The molecule has 1 spiro atoms. The maximum absolute atomic E-state index is 13.6. The van der Waals surface area contributed by atoms with E-state index in [9.17, 15) is 13.2 Å². The number of carbonyl (C=O) groups excluding carboxylic acids is 1. The van der Waals surface area contributed by atoms with Gasteiger partial charge in [0, 0.05) is 12.5 Å². The molecule has 7 rings (SSSR count). The Hall–Kier alpha value is -1.90. The maximum Gasteiger partial charge on any atom is 0.410 e. The first-order chi connectivity index (χ1) is 20.9. The summed E-state index contributed by atoms with van der Waals surface area (Å²) in [7, 11) is -3.43. The van der Waals surface area contributed by atoms with Crippen molar-refractivity contribution >= 4 is 16.2 Å². The summed E-state index contributed by atoms with van der Waals surface area (Å²) in [6, 6.07) is 9.95. The lowest BCUT2D eigenvalue weighted by Crippen LogP contribution is -2.54. The summed E-state index contributed by atoms with van der Waals surface area (Å²) in [6.45, 7) is 10.4. The fraction of sp³-hybridized carbons (Fsp3) is 0.750. The predicted octanol–water partition coefficient (Wildman–Crippen LogP) is 7.11. The van der Waals surface area contributed by atoms with Gasteiger partial charge in [-0.25, -0.2) is 4.79 Å². The first-order valence-corrected chi connectivity index (χ1v) is 18.9. The molecule has 4 aliphatic carbocycles. The van der Waals surface area contributed by atoms with Gasteiger partial charge in [0.2, 0.25) is 0 Å². The van der Waals surface area contributed by atoms with E-state index in [-0.39, 0.29) is 47.9 Å². The molecule has 8 heteroatoms. The molecule has 1 aromatic rings. The molecule has 6 aliphatic rings. The van der Waals surface area contributed by atoms with Crippen LogP contribution in [0.15, 0.2) is 41.5 Å². The second kappa shape index (κ2) is 11.1. The zero-order valence-corrected chi connectivity index (χ0v) is 28.0. The lowest BCUT2D eigenvalue weighted by Gasteiger charge is -2.54. The molecular weight excluding hydrogens is 574 g/mol. The number of carbonyl (C=O) groups is 1. The summed E-state index contributed by atoms with van der Waals surface area (Å²) in [5.74, 6) is 3.04. The normalized spacial score (nSPS) is 43.3. The highest BCUT2D eigenvalue weighted by molar-refractivity contribution is 7.86. The quantitative estimate of drug-likeness (QED) is 0.262. The molecule has 5 fully saturated rings. The molecule has 242 valence electrons. The third-order valence-electron chi connectivity index (χ3n) is 13.3. The van der Waals surface area contributed by atoms with Crippen LogP contribution in [-0.4, -0.2) is 56.1 Å². The average molecular weight is 626 g/mol. The minimum Gasteiger partial charge on any atom is -0.445 e. The summed E-state index contributed by atoms with van der Waals surface area (Å²) < 4.78 is 42.3. The lowest BCUT2D eigenvalue weighted by molar-refractivity contribution is -0.0709. The Morgan fingerprint density at radius 2 is 1.84 bits per heavy atom. The number of piperidine rings is 1. The van der Waals surface area contributed by atoms with Gasteiger partial charge in [0.05, 0.1) is 30.1 Å². The lowest BCUT2D eigenvalue weighted by atomic mass is 9.52. The second-order valence-corrected chi connectivity index (χ2v) is 17.2. The van der Waals surface area contributed by atoms with E-state index in [0.717, 1.165) is 50.5 Å². The van der Waals surface area contributed by atoms with Crippen LogP contribution in [0.2, 0.25) is 0 Å².